The van der Waals surface area contributed by atoms with Gasteiger partial charge in [-0.3, -0.25) is 0 Å². The molecule has 1 heterocycles. The molecule has 3 atom stereocenters. The SMILES string of the molecule is CC1COC(CO)CN1c1ccc([C@@H](C)N)cc1Br. The molecule has 0 saturated carbocycles. The number of ether oxygens (including phenoxy) is 1. The molecule has 2 rings (SSSR count). The standard InChI is InChI=1S/C14H21BrN2O2/c1-9-8-19-12(7-18)6-17(9)14-4-3-11(10(2)16)5-13(14)15/h3-5,9-10,12,18H,6-8,16H2,1-2H3/t9?,10-,12?/m1/s1. The number of nitrogens with two attached hydrogens (primary N) is 1. The molecule has 19 heavy (non-hydrogen) atoms. The fourth-order valence-corrected chi connectivity index (χ4v) is 2.93. The van der Waals surface area contributed by atoms with E-state index in [1.54, 1.807) is 0 Å². The number of nitrogens with zero attached hydrogens (tertiary/aromatic N) is 1. The van der Waals surface area contributed by atoms with Gasteiger partial charge in [-0.1, -0.05) is 6.07 Å². The molecule has 0 aromatic heterocycles. The molecular formula is C14H21BrN2O2. The van der Waals surface area contributed by atoms with Crippen molar-refractivity contribution in [3.63, 3.8) is 0 Å². The average molecular weight is 329 g/mol. The summed E-state index contributed by atoms with van der Waals surface area (Å²) >= 11 is 3.62. The molecular weight excluding hydrogens is 308 g/mol. The van der Waals surface area contributed by atoms with E-state index in [2.05, 4.69) is 46.0 Å². The third-order valence-corrected chi connectivity index (χ3v) is 4.15. The number of benzene rings is 1. The van der Waals surface area contributed by atoms with Gasteiger partial charge in [-0.05, 0) is 47.5 Å². The monoisotopic (exact) mass is 328 g/mol. The summed E-state index contributed by atoms with van der Waals surface area (Å²) in [6, 6.07) is 6.52. The van der Waals surface area contributed by atoms with Crippen molar-refractivity contribution in [2.75, 3.05) is 24.7 Å². The van der Waals surface area contributed by atoms with E-state index in [1.165, 1.54) is 0 Å². The molecule has 5 heteroatoms. The van der Waals surface area contributed by atoms with E-state index in [1.807, 2.05) is 6.92 Å². The predicted octanol–water partition coefficient (Wildman–Crippen LogP) is 2.05. The van der Waals surface area contributed by atoms with Crippen LogP contribution in [0.15, 0.2) is 22.7 Å². The van der Waals surface area contributed by atoms with Crippen LogP contribution in [-0.2, 0) is 4.74 Å². The Morgan fingerprint density at radius 3 is 2.89 bits per heavy atom. The highest BCUT2D eigenvalue weighted by atomic mass is 79.9. The molecule has 1 saturated heterocycles. The third kappa shape index (κ3) is 3.28. The number of anilines is 1. The Hall–Kier alpha value is -0.620. The van der Waals surface area contributed by atoms with Gasteiger partial charge < -0.3 is 20.5 Å². The number of rotatable bonds is 3. The van der Waals surface area contributed by atoms with Crippen molar-refractivity contribution in [1.29, 1.82) is 0 Å². The van der Waals surface area contributed by atoms with Gasteiger partial charge in [-0.2, -0.15) is 0 Å². The zero-order valence-electron chi connectivity index (χ0n) is 11.3. The Kier molecular flexibility index (Phi) is 4.84. The lowest BCUT2D eigenvalue weighted by Gasteiger charge is -2.39. The largest absolute Gasteiger partial charge is 0.394 e. The molecule has 1 aromatic carbocycles. The van der Waals surface area contributed by atoms with Gasteiger partial charge in [0.2, 0.25) is 0 Å². The molecule has 0 amide bonds. The summed E-state index contributed by atoms with van der Waals surface area (Å²) < 4.78 is 6.60. The van der Waals surface area contributed by atoms with Gasteiger partial charge >= 0.3 is 0 Å². The summed E-state index contributed by atoms with van der Waals surface area (Å²) in [6.07, 6.45) is -0.115. The molecule has 0 radical (unpaired) electrons. The van der Waals surface area contributed by atoms with E-state index < -0.39 is 0 Å². The van der Waals surface area contributed by atoms with Crippen LogP contribution in [0.2, 0.25) is 0 Å². The van der Waals surface area contributed by atoms with E-state index in [4.69, 9.17) is 10.5 Å². The van der Waals surface area contributed by atoms with Crippen molar-refractivity contribution in [1.82, 2.24) is 0 Å². The molecule has 1 aliphatic heterocycles. The first-order valence-electron chi connectivity index (χ1n) is 6.57. The quantitative estimate of drug-likeness (QED) is 0.891. The van der Waals surface area contributed by atoms with Crippen LogP contribution in [0, 0.1) is 0 Å². The Bertz CT molecular complexity index is 439. The van der Waals surface area contributed by atoms with Crippen molar-refractivity contribution < 1.29 is 9.84 Å². The van der Waals surface area contributed by atoms with Gasteiger partial charge in [0, 0.05) is 23.1 Å². The summed E-state index contributed by atoms with van der Waals surface area (Å²) in [6.45, 7) is 5.49. The lowest BCUT2D eigenvalue weighted by Crippen LogP contribution is -2.49. The smallest absolute Gasteiger partial charge is 0.0981 e. The highest BCUT2D eigenvalue weighted by molar-refractivity contribution is 9.10. The summed E-state index contributed by atoms with van der Waals surface area (Å²) in [7, 11) is 0. The zero-order valence-corrected chi connectivity index (χ0v) is 12.9. The zero-order chi connectivity index (χ0) is 14.0. The Balaban J connectivity index is 2.24. The van der Waals surface area contributed by atoms with E-state index in [9.17, 15) is 5.11 Å². The second-order valence-electron chi connectivity index (χ2n) is 5.14. The van der Waals surface area contributed by atoms with Gasteiger partial charge in [-0.25, -0.2) is 0 Å². The van der Waals surface area contributed by atoms with Crippen LogP contribution in [0.4, 0.5) is 5.69 Å². The average Bonchev–Trinajstić information content (AvgIpc) is 2.39. The normalized spacial score (nSPS) is 25.4. The first-order chi connectivity index (χ1) is 9.02. The van der Waals surface area contributed by atoms with E-state index in [-0.39, 0.29) is 18.8 Å². The van der Waals surface area contributed by atoms with Crippen LogP contribution in [0.1, 0.15) is 25.5 Å². The van der Waals surface area contributed by atoms with Crippen molar-refractivity contribution in [2.24, 2.45) is 5.73 Å². The van der Waals surface area contributed by atoms with Crippen LogP contribution in [0.5, 0.6) is 0 Å². The first kappa shape index (κ1) is 14.8. The number of hydrogen-bond acceptors (Lipinski definition) is 4. The van der Waals surface area contributed by atoms with Crippen molar-refractivity contribution in [3.05, 3.63) is 28.2 Å². The minimum absolute atomic E-state index is 0.0256. The maximum atomic E-state index is 9.25. The number of hydrogen-bond donors (Lipinski definition) is 2. The Morgan fingerprint density at radius 1 is 1.58 bits per heavy atom. The number of aliphatic hydroxyl groups excluding tert-OH is 1. The van der Waals surface area contributed by atoms with Crippen LogP contribution >= 0.6 is 15.9 Å². The fraction of sp³-hybridized carbons (Fsp3) is 0.571. The number of aliphatic hydroxyl groups is 1. The minimum atomic E-state index is -0.115. The van der Waals surface area contributed by atoms with Gasteiger partial charge in [0.1, 0.15) is 0 Å². The molecule has 0 bridgehead atoms. The van der Waals surface area contributed by atoms with Gasteiger partial charge in [-0.15, -0.1) is 0 Å². The topological polar surface area (TPSA) is 58.7 Å². The van der Waals surface area contributed by atoms with Gasteiger partial charge in [0.15, 0.2) is 0 Å². The molecule has 4 nitrogen and oxygen atoms in total. The van der Waals surface area contributed by atoms with Crippen LogP contribution in [0.25, 0.3) is 0 Å². The third-order valence-electron chi connectivity index (χ3n) is 3.52. The fourth-order valence-electron chi connectivity index (χ4n) is 2.30. The van der Waals surface area contributed by atoms with Crippen LogP contribution < -0.4 is 10.6 Å². The molecule has 1 aromatic rings. The maximum Gasteiger partial charge on any atom is 0.0981 e. The molecule has 1 aliphatic rings. The molecule has 0 aliphatic carbocycles. The van der Waals surface area contributed by atoms with Crippen molar-refractivity contribution in [2.45, 2.75) is 32.0 Å². The lowest BCUT2D eigenvalue weighted by atomic mass is 10.1. The summed E-state index contributed by atoms with van der Waals surface area (Å²) in [5.41, 5.74) is 8.12. The Morgan fingerprint density at radius 2 is 2.32 bits per heavy atom. The van der Waals surface area contributed by atoms with Gasteiger partial charge in [0.25, 0.3) is 0 Å². The summed E-state index contributed by atoms with van der Waals surface area (Å²) in [4.78, 5) is 2.26. The second-order valence-corrected chi connectivity index (χ2v) is 5.99. The highest BCUT2D eigenvalue weighted by Crippen LogP contribution is 2.31. The van der Waals surface area contributed by atoms with E-state index in [0.29, 0.717) is 19.2 Å². The van der Waals surface area contributed by atoms with E-state index >= 15 is 0 Å². The minimum Gasteiger partial charge on any atom is -0.394 e. The second kappa shape index (κ2) is 6.22. The molecule has 0 spiro atoms. The first-order valence-corrected chi connectivity index (χ1v) is 7.36. The van der Waals surface area contributed by atoms with Crippen LogP contribution in [0.3, 0.4) is 0 Å². The van der Waals surface area contributed by atoms with Gasteiger partial charge in [0.05, 0.1) is 25.0 Å². The molecule has 2 unspecified atom stereocenters. The lowest BCUT2D eigenvalue weighted by molar-refractivity contribution is -0.0103. The maximum absolute atomic E-state index is 9.25. The van der Waals surface area contributed by atoms with Crippen molar-refractivity contribution >= 4 is 21.6 Å². The number of halogens is 1. The predicted molar refractivity (Wildman–Crippen MR) is 80.4 cm³/mol. The number of morpholine rings is 1. The summed E-state index contributed by atoms with van der Waals surface area (Å²) in [5.74, 6) is 0. The Labute approximate surface area is 122 Å². The van der Waals surface area contributed by atoms with Crippen LogP contribution in [-0.4, -0.2) is 37.0 Å². The molecule has 1 fully saturated rings. The van der Waals surface area contributed by atoms with E-state index in [0.717, 1.165) is 15.7 Å². The molecule has 106 valence electrons. The van der Waals surface area contributed by atoms with Crippen molar-refractivity contribution in [3.8, 4) is 0 Å². The molecule has 3 N–H and O–H groups in total. The summed E-state index contributed by atoms with van der Waals surface area (Å²) in [5, 5.41) is 9.25. The highest BCUT2D eigenvalue weighted by Gasteiger charge is 2.27.